The summed E-state index contributed by atoms with van der Waals surface area (Å²) in [4.78, 5) is 13.2. The van der Waals surface area contributed by atoms with E-state index in [1.165, 1.54) is 17.7 Å². The van der Waals surface area contributed by atoms with Crippen LogP contribution in [-0.2, 0) is 0 Å². The third-order valence-electron chi connectivity index (χ3n) is 2.47. The van der Waals surface area contributed by atoms with Crippen LogP contribution in [0, 0.1) is 0 Å². The monoisotopic (exact) mass is 292 g/mol. The van der Waals surface area contributed by atoms with E-state index in [4.69, 9.17) is 16.3 Å². The van der Waals surface area contributed by atoms with Gasteiger partial charge in [-0.2, -0.15) is 0 Å². The predicted molar refractivity (Wildman–Crippen MR) is 76.5 cm³/mol. The number of ether oxygens (including phenoxy) is 1. The average Bonchev–Trinajstić information content (AvgIpc) is 2.83. The number of nitrogens with one attached hydrogen (secondary N) is 1. The first-order chi connectivity index (χ1) is 9.26. The highest BCUT2D eigenvalue weighted by Crippen LogP contribution is 2.30. The van der Waals surface area contributed by atoms with Gasteiger partial charge in [-0.05, 0) is 12.1 Å². The molecule has 0 atom stereocenters. The molecule has 7 heteroatoms. The molecule has 0 saturated carbocycles. The Morgan fingerprint density at radius 3 is 3.00 bits per heavy atom. The number of benzene rings is 1. The lowest BCUT2D eigenvalue weighted by Gasteiger charge is -2.04. The minimum atomic E-state index is 0.361. The van der Waals surface area contributed by atoms with Gasteiger partial charge in [0.1, 0.15) is 22.4 Å². The molecular formula is C12H9ClN4OS. The summed E-state index contributed by atoms with van der Waals surface area (Å²) in [5.74, 6) is 0.781. The minimum Gasteiger partial charge on any atom is -0.497 e. The fourth-order valence-corrected chi connectivity index (χ4v) is 2.66. The first-order valence-electron chi connectivity index (χ1n) is 5.44. The normalized spacial score (nSPS) is 10.6. The zero-order valence-electron chi connectivity index (χ0n) is 9.92. The highest BCUT2D eigenvalue weighted by molar-refractivity contribution is 7.21. The van der Waals surface area contributed by atoms with E-state index in [0.29, 0.717) is 15.8 Å². The number of hydrogen-bond acceptors (Lipinski definition) is 6. The molecule has 0 unspecified atom stereocenters. The SMILES string of the molecule is COc1cccc(Nc2nc3c(Cl)ncnc3s2)c1. The van der Waals surface area contributed by atoms with Crippen molar-refractivity contribution in [1.29, 1.82) is 0 Å². The molecule has 0 radical (unpaired) electrons. The van der Waals surface area contributed by atoms with Crippen LogP contribution in [0.4, 0.5) is 10.8 Å². The minimum absolute atomic E-state index is 0.361. The zero-order chi connectivity index (χ0) is 13.2. The van der Waals surface area contributed by atoms with Crippen molar-refractivity contribution in [3.63, 3.8) is 0 Å². The van der Waals surface area contributed by atoms with Crippen LogP contribution in [-0.4, -0.2) is 22.1 Å². The lowest BCUT2D eigenvalue weighted by molar-refractivity contribution is 0.415. The third-order valence-corrected chi connectivity index (χ3v) is 3.63. The molecule has 0 spiro atoms. The molecule has 0 amide bonds. The standard InChI is InChI=1S/C12H9ClN4OS/c1-18-8-4-2-3-7(5-8)16-12-17-9-10(13)14-6-15-11(9)19-12/h2-6H,1H3,(H,16,17). The van der Waals surface area contributed by atoms with E-state index in [-0.39, 0.29) is 0 Å². The summed E-state index contributed by atoms with van der Waals surface area (Å²) in [5, 5.41) is 4.27. The van der Waals surface area contributed by atoms with Crippen molar-refractivity contribution in [2.75, 3.05) is 12.4 Å². The number of methoxy groups -OCH3 is 1. The lowest BCUT2D eigenvalue weighted by atomic mass is 10.3. The zero-order valence-corrected chi connectivity index (χ0v) is 11.5. The Hall–Kier alpha value is -1.92. The molecule has 5 nitrogen and oxygen atoms in total. The van der Waals surface area contributed by atoms with Crippen molar-refractivity contribution in [2.24, 2.45) is 0 Å². The fourth-order valence-electron chi connectivity index (χ4n) is 1.60. The van der Waals surface area contributed by atoms with Crippen molar-refractivity contribution >= 4 is 44.1 Å². The number of nitrogens with zero attached hydrogens (tertiary/aromatic N) is 3. The van der Waals surface area contributed by atoms with Gasteiger partial charge in [0, 0.05) is 11.8 Å². The predicted octanol–water partition coefficient (Wildman–Crippen LogP) is 3.49. The number of rotatable bonds is 3. The van der Waals surface area contributed by atoms with Gasteiger partial charge in [0.05, 0.1) is 7.11 Å². The smallest absolute Gasteiger partial charge is 0.189 e. The molecule has 2 aromatic heterocycles. The molecular weight excluding hydrogens is 284 g/mol. The van der Waals surface area contributed by atoms with Gasteiger partial charge in [0.15, 0.2) is 10.3 Å². The van der Waals surface area contributed by atoms with Gasteiger partial charge in [-0.3, -0.25) is 0 Å². The second kappa shape index (κ2) is 4.99. The van der Waals surface area contributed by atoms with E-state index in [1.807, 2.05) is 24.3 Å². The topological polar surface area (TPSA) is 59.9 Å². The number of fused-ring (bicyclic) bond motifs is 1. The number of halogens is 1. The van der Waals surface area contributed by atoms with E-state index >= 15 is 0 Å². The Balaban J connectivity index is 1.94. The van der Waals surface area contributed by atoms with Crippen molar-refractivity contribution in [1.82, 2.24) is 15.0 Å². The second-order valence-electron chi connectivity index (χ2n) is 3.69. The lowest BCUT2D eigenvalue weighted by Crippen LogP contribution is -1.90. The van der Waals surface area contributed by atoms with Crippen LogP contribution in [0.1, 0.15) is 0 Å². The number of thiazole rings is 1. The summed E-state index contributed by atoms with van der Waals surface area (Å²) < 4.78 is 5.17. The maximum atomic E-state index is 5.97. The summed E-state index contributed by atoms with van der Waals surface area (Å²) in [6, 6.07) is 7.61. The largest absolute Gasteiger partial charge is 0.497 e. The van der Waals surface area contributed by atoms with E-state index in [9.17, 15) is 0 Å². The molecule has 1 aromatic carbocycles. The summed E-state index contributed by atoms with van der Waals surface area (Å²) in [7, 11) is 1.63. The molecule has 0 saturated heterocycles. The maximum Gasteiger partial charge on any atom is 0.189 e. The van der Waals surface area contributed by atoms with Crippen LogP contribution < -0.4 is 10.1 Å². The number of aromatic nitrogens is 3. The molecule has 0 aliphatic carbocycles. The van der Waals surface area contributed by atoms with Crippen LogP contribution in [0.25, 0.3) is 10.3 Å². The van der Waals surface area contributed by atoms with Crippen LogP contribution in [0.5, 0.6) is 5.75 Å². The Labute approximate surface area is 118 Å². The molecule has 3 aromatic rings. The average molecular weight is 293 g/mol. The van der Waals surface area contributed by atoms with Crippen molar-refractivity contribution < 1.29 is 4.74 Å². The first-order valence-corrected chi connectivity index (χ1v) is 6.64. The van der Waals surface area contributed by atoms with Crippen LogP contribution in [0.15, 0.2) is 30.6 Å². The molecule has 2 heterocycles. The highest BCUT2D eigenvalue weighted by Gasteiger charge is 2.09. The van der Waals surface area contributed by atoms with Gasteiger partial charge < -0.3 is 10.1 Å². The summed E-state index contributed by atoms with van der Waals surface area (Å²) in [6.45, 7) is 0. The van der Waals surface area contributed by atoms with Crippen LogP contribution in [0.2, 0.25) is 5.15 Å². The molecule has 1 N–H and O–H groups in total. The van der Waals surface area contributed by atoms with Gasteiger partial charge in [-0.15, -0.1) is 0 Å². The molecule has 0 fully saturated rings. The molecule has 19 heavy (non-hydrogen) atoms. The Morgan fingerprint density at radius 2 is 2.21 bits per heavy atom. The Morgan fingerprint density at radius 1 is 1.32 bits per heavy atom. The van der Waals surface area contributed by atoms with Gasteiger partial charge >= 0.3 is 0 Å². The van der Waals surface area contributed by atoms with E-state index in [0.717, 1.165) is 16.3 Å². The van der Waals surface area contributed by atoms with Gasteiger partial charge in [-0.25, -0.2) is 15.0 Å². The molecule has 3 rings (SSSR count). The first kappa shape index (κ1) is 12.1. The Kier molecular flexibility index (Phi) is 3.18. The number of hydrogen-bond donors (Lipinski definition) is 1. The highest BCUT2D eigenvalue weighted by atomic mass is 35.5. The summed E-state index contributed by atoms with van der Waals surface area (Å²) >= 11 is 7.39. The van der Waals surface area contributed by atoms with Crippen molar-refractivity contribution in [2.45, 2.75) is 0 Å². The Bertz CT molecular complexity index is 731. The van der Waals surface area contributed by atoms with Crippen molar-refractivity contribution in [3.05, 3.63) is 35.7 Å². The fraction of sp³-hybridized carbons (Fsp3) is 0.0833. The molecule has 0 bridgehead atoms. The molecule has 0 aliphatic heterocycles. The van der Waals surface area contributed by atoms with E-state index in [2.05, 4.69) is 20.3 Å². The van der Waals surface area contributed by atoms with E-state index < -0.39 is 0 Å². The molecule has 0 aliphatic rings. The van der Waals surface area contributed by atoms with Gasteiger partial charge in [0.25, 0.3) is 0 Å². The van der Waals surface area contributed by atoms with Crippen LogP contribution in [0.3, 0.4) is 0 Å². The summed E-state index contributed by atoms with van der Waals surface area (Å²) in [6.07, 6.45) is 1.43. The number of anilines is 2. The van der Waals surface area contributed by atoms with Gasteiger partial charge in [-0.1, -0.05) is 29.0 Å². The van der Waals surface area contributed by atoms with Crippen molar-refractivity contribution in [3.8, 4) is 5.75 Å². The van der Waals surface area contributed by atoms with Gasteiger partial charge in [0.2, 0.25) is 0 Å². The quantitative estimate of drug-likeness (QED) is 0.749. The van der Waals surface area contributed by atoms with Crippen LogP contribution >= 0.6 is 22.9 Å². The second-order valence-corrected chi connectivity index (χ2v) is 5.03. The molecule has 96 valence electrons. The third kappa shape index (κ3) is 2.45. The maximum absolute atomic E-state index is 5.97. The summed E-state index contributed by atoms with van der Waals surface area (Å²) in [5.41, 5.74) is 1.50. The van der Waals surface area contributed by atoms with E-state index in [1.54, 1.807) is 7.11 Å².